The van der Waals surface area contributed by atoms with Crippen molar-refractivity contribution in [2.24, 2.45) is 0 Å². The van der Waals surface area contributed by atoms with E-state index in [1.165, 1.54) is 18.2 Å². The van der Waals surface area contributed by atoms with Crippen LogP contribution in [0.1, 0.15) is 47.8 Å². The van der Waals surface area contributed by atoms with Crippen LogP contribution in [0.15, 0.2) is 48.5 Å². The summed E-state index contributed by atoms with van der Waals surface area (Å²) in [7, 11) is 0. The van der Waals surface area contributed by atoms with Gasteiger partial charge < -0.3 is 29.9 Å². The van der Waals surface area contributed by atoms with Crippen LogP contribution in [0.2, 0.25) is 0 Å². The second-order valence-corrected chi connectivity index (χ2v) is 7.00. The number of aromatic hydroxyl groups is 2. The van der Waals surface area contributed by atoms with E-state index in [9.17, 15) is 34.8 Å². The van der Waals surface area contributed by atoms with Gasteiger partial charge in [-0.05, 0) is 30.3 Å². The maximum Gasteiger partial charge on any atom is 0.343 e. The summed E-state index contributed by atoms with van der Waals surface area (Å²) < 4.78 is 11.5. The number of benzene rings is 3. The van der Waals surface area contributed by atoms with Gasteiger partial charge in [0, 0.05) is 16.7 Å². The molecule has 0 saturated heterocycles. The van der Waals surface area contributed by atoms with Gasteiger partial charge in [-0.15, -0.1) is 0 Å². The Morgan fingerprint density at radius 1 is 0.742 bits per heavy atom. The van der Waals surface area contributed by atoms with E-state index in [2.05, 4.69) is 0 Å². The van der Waals surface area contributed by atoms with Crippen molar-refractivity contribution in [1.29, 1.82) is 0 Å². The van der Waals surface area contributed by atoms with Gasteiger partial charge >= 0.3 is 17.9 Å². The molecule has 0 aromatic heterocycles. The number of carboxylic acid groups (broad SMARTS) is 2. The van der Waals surface area contributed by atoms with E-state index in [4.69, 9.17) is 9.47 Å². The highest BCUT2D eigenvalue weighted by molar-refractivity contribution is 6.01. The van der Waals surface area contributed by atoms with Gasteiger partial charge in [0.2, 0.25) is 0 Å². The second-order valence-electron chi connectivity index (χ2n) is 7.00. The first-order chi connectivity index (χ1) is 14.8. The lowest BCUT2D eigenvalue weighted by Crippen LogP contribution is -2.34. The van der Waals surface area contributed by atoms with Crippen molar-refractivity contribution in [2.45, 2.75) is 5.60 Å². The maximum atomic E-state index is 12.7. The smallest absolute Gasteiger partial charge is 0.343 e. The van der Waals surface area contributed by atoms with Crippen LogP contribution in [-0.4, -0.2) is 38.3 Å². The number of phenols is 2. The molecule has 2 heterocycles. The Balaban J connectivity index is 1.98. The lowest BCUT2D eigenvalue weighted by atomic mass is 9.76. The van der Waals surface area contributed by atoms with Gasteiger partial charge in [-0.1, -0.05) is 18.2 Å². The normalized spacial score (nSPS) is 14.8. The van der Waals surface area contributed by atoms with Crippen LogP contribution >= 0.6 is 0 Å². The molecule has 5 rings (SSSR count). The molecule has 9 heteroatoms. The molecule has 154 valence electrons. The molecule has 0 fully saturated rings. The van der Waals surface area contributed by atoms with Gasteiger partial charge in [0.15, 0.2) is 17.1 Å². The molecule has 9 nitrogen and oxygen atoms in total. The first-order valence-corrected chi connectivity index (χ1v) is 8.97. The third-order valence-electron chi connectivity index (χ3n) is 5.43. The number of rotatable bonds is 2. The number of aromatic carboxylic acids is 2. The Bertz CT molecular complexity index is 1270. The van der Waals surface area contributed by atoms with Crippen molar-refractivity contribution < 1.29 is 44.3 Å². The molecular weight excluding hydrogens is 408 g/mol. The zero-order valence-corrected chi connectivity index (χ0v) is 15.4. The van der Waals surface area contributed by atoms with Gasteiger partial charge in [-0.3, -0.25) is 0 Å². The molecule has 4 N–H and O–H groups in total. The molecule has 3 aromatic rings. The molecular formula is C22H12O9. The van der Waals surface area contributed by atoms with E-state index in [0.29, 0.717) is 5.56 Å². The van der Waals surface area contributed by atoms with Gasteiger partial charge in [0.1, 0.15) is 22.6 Å². The summed E-state index contributed by atoms with van der Waals surface area (Å²) in [6.07, 6.45) is 0. The summed E-state index contributed by atoms with van der Waals surface area (Å²) in [5, 5.41) is 39.7. The Kier molecular flexibility index (Phi) is 3.57. The number of carboxylic acids is 2. The lowest BCUT2D eigenvalue weighted by Gasteiger charge is -2.37. The van der Waals surface area contributed by atoms with Crippen molar-refractivity contribution in [3.05, 3.63) is 81.9 Å². The van der Waals surface area contributed by atoms with Gasteiger partial charge in [0.05, 0.1) is 5.56 Å². The van der Waals surface area contributed by atoms with Crippen molar-refractivity contribution in [3.63, 3.8) is 0 Å². The molecule has 0 unspecified atom stereocenters. The van der Waals surface area contributed by atoms with Crippen LogP contribution in [0.25, 0.3) is 0 Å². The highest BCUT2D eigenvalue weighted by Gasteiger charge is 2.55. The van der Waals surface area contributed by atoms with Gasteiger partial charge in [-0.25, -0.2) is 14.4 Å². The number of carbonyl (C=O) groups excluding carboxylic acids is 1. The van der Waals surface area contributed by atoms with Gasteiger partial charge in [0.25, 0.3) is 0 Å². The first kappa shape index (κ1) is 18.5. The van der Waals surface area contributed by atoms with Crippen LogP contribution in [0.5, 0.6) is 23.0 Å². The Hall–Kier alpha value is -4.53. The zero-order valence-electron chi connectivity index (χ0n) is 15.4. The summed E-state index contributed by atoms with van der Waals surface area (Å²) in [4.78, 5) is 36.5. The fourth-order valence-corrected chi connectivity index (χ4v) is 4.19. The Morgan fingerprint density at radius 3 is 1.77 bits per heavy atom. The van der Waals surface area contributed by atoms with E-state index in [-0.39, 0.29) is 16.7 Å². The number of hydrogen-bond acceptors (Lipinski definition) is 7. The molecule has 31 heavy (non-hydrogen) atoms. The lowest BCUT2D eigenvalue weighted by molar-refractivity contribution is 0.0223. The monoisotopic (exact) mass is 420 g/mol. The fraction of sp³-hybridized carbons (Fsp3) is 0.0455. The van der Waals surface area contributed by atoms with Crippen LogP contribution < -0.4 is 4.74 Å². The molecule has 0 amide bonds. The molecule has 2 aliphatic heterocycles. The number of fused-ring (bicyclic) bond motifs is 6. The van der Waals surface area contributed by atoms with Crippen LogP contribution in [0.4, 0.5) is 0 Å². The van der Waals surface area contributed by atoms with E-state index in [1.807, 2.05) is 0 Å². The standard InChI is InChI=1S/C22H12O9/c23-13-7-5-11-17(15(13)19(25)26)30-18-12(6-8-14(24)16(18)20(27)28)22(11)10-4-2-1-3-9(10)21(29)31-22/h1-8,23-24H,(H,25,26)(H,27,28). The summed E-state index contributed by atoms with van der Waals surface area (Å²) in [6.45, 7) is 0. The third kappa shape index (κ3) is 2.22. The minimum Gasteiger partial charge on any atom is -0.507 e. The van der Waals surface area contributed by atoms with Crippen molar-refractivity contribution in [1.82, 2.24) is 0 Å². The molecule has 3 aromatic carbocycles. The van der Waals surface area contributed by atoms with Crippen molar-refractivity contribution in [3.8, 4) is 23.0 Å². The van der Waals surface area contributed by atoms with Crippen LogP contribution in [0.3, 0.4) is 0 Å². The number of hydrogen-bond donors (Lipinski definition) is 4. The largest absolute Gasteiger partial charge is 0.507 e. The molecule has 1 spiro atoms. The van der Waals surface area contributed by atoms with Crippen LogP contribution in [0, 0.1) is 0 Å². The predicted molar refractivity (Wildman–Crippen MR) is 102 cm³/mol. The maximum absolute atomic E-state index is 12.7. The van der Waals surface area contributed by atoms with E-state index in [0.717, 1.165) is 12.1 Å². The van der Waals surface area contributed by atoms with E-state index < -0.39 is 57.6 Å². The molecule has 0 bridgehead atoms. The Morgan fingerprint density at radius 2 is 1.26 bits per heavy atom. The SMILES string of the molecule is O=C1OC2(c3ccccc31)c1ccc(O)c(C(=O)O)c1Oc1c2ccc(O)c1C(=O)O. The molecule has 0 radical (unpaired) electrons. The average Bonchev–Trinajstić information content (AvgIpc) is 3.00. The first-order valence-electron chi connectivity index (χ1n) is 8.97. The second kappa shape index (κ2) is 5.99. The van der Waals surface area contributed by atoms with Crippen molar-refractivity contribution >= 4 is 17.9 Å². The van der Waals surface area contributed by atoms with E-state index >= 15 is 0 Å². The quantitative estimate of drug-likeness (QED) is 0.459. The number of esters is 1. The number of ether oxygens (including phenoxy) is 2. The molecule has 0 aliphatic carbocycles. The highest BCUT2D eigenvalue weighted by Crippen LogP contribution is 2.59. The predicted octanol–water partition coefficient (Wildman–Crippen LogP) is 3.06. The number of carbonyl (C=O) groups is 3. The molecule has 0 saturated carbocycles. The summed E-state index contributed by atoms with van der Waals surface area (Å²) in [6, 6.07) is 11.4. The highest BCUT2D eigenvalue weighted by atomic mass is 16.6. The summed E-state index contributed by atoms with van der Waals surface area (Å²) >= 11 is 0. The van der Waals surface area contributed by atoms with Gasteiger partial charge in [-0.2, -0.15) is 0 Å². The third-order valence-corrected chi connectivity index (χ3v) is 5.43. The topological polar surface area (TPSA) is 151 Å². The molecule has 2 aliphatic rings. The minimum atomic E-state index is -1.74. The average molecular weight is 420 g/mol. The van der Waals surface area contributed by atoms with Crippen LogP contribution in [-0.2, 0) is 10.3 Å². The molecule has 0 atom stereocenters. The zero-order chi connectivity index (χ0) is 22.1. The fourth-order valence-electron chi connectivity index (χ4n) is 4.19. The van der Waals surface area contributed by atoms with E-state index in [1.54, 1.807) is 18.2 Å². The Labute approximate surface area is 173 Å². The summed E-state index contributed by atoms with van der Waals surface area (Å²) in [5.74, 6) is -5.82. The summed E-state index contributed by atoms with van der Waals surface area (Å²) in [5.41, 5.74) is -2.28. The van der Waals surface area contributed by atoms with Crippen molar-refractivity contribution in [2.75, 3.05) is 0 Å². The minimum absolute atomic E-state index is 0.0931.